The molecular formula is C16H20N4O3S. The lowest BCUT2D eigenvalue weighted by atomic mass is 10.2. The first-order valence-corrected chi connectivity index (χ1v) is 8.87. The number of aromatic nitrogens is 1. The fourth-order valence-corrected chi connectivity index (χ4v) is 2.90. The Morgan fingerprint density at radius 1 is 1.17 bits per heavy atom. The van der Waals surface area contributed by atoms with Crippen LogP contribution in [0.25, 0.3) is 0 Å². The van der Waals surface area contributed by atoms with Gasteiger partial charge in [-0.15, -0.1) is 0 Å². The topological polar surface area (TPSA) is 100 Å². The molecule has 0 aliphatic heterocycles. The van der Waals surface area contributed by atoms with Gasteiger partial charge in [0.25, 0.3) is 0 Å². The van der Waals surface area contributed by atoms with Crippen LogP contribution in [-0.2, 0) is 10.0 Å². The van der Waals surface area contributed by atoms with Crippen molar-refractivity contribution in [3.8, 4) is 0 Å². The van der Waals surface area contributed by atoms with E-state index in [1.807, 2.05) is 31.2 Å². The highest BCUT2D eigenvalue weighted by molar-refractivity contribution is 8.07. The van der Waals surface area contributed by atoms with Crippen LogP contribution >= 0.6 is 0 Å². The van der Waals surface area contributed by atoms with Crippen LogP contribution in [0.5, 0.6) is 0 Å². The quantitative estimate of drug-likeness (QED) is 0.771. The van der Waals surface area contributed by atoms with E-state index < -0.39 is 15.3 Å². The number of hydrogen-bond donors (Lipinski definition) is 3. The summed E-state index contributed by atoms with van der Waals surface area (Å²) in [5, 5.41) is 4.39. The molecule has 8 heteroatoms. The van der Waals surface area contributed by atoms with Crippen LogP contribution in [0.15, 0.2) is 42.7 Å². The second-order valence-corrected chi connectivity index (χ2v) is 7.19. The first-order valence-electron chi connectivity index (χ1n) is 7.39. The highest BCUT2D eigenvalue weighted by Crippen LogP contribution is 2.25. The molecule has 0 spiro atoms. The molecule has 24 heavy (non-hydrogen) atoms. The van der Waals surface area contributed by atoms with Gasteiger partial charge in [0.05, 0.1) is 17.6 Å². The third kappa shape index (κ3) is 4.69. The van der Waals surface area contributed by atoms with E-state index in [1.54, 1.807) is 19.9 Å². The Morgan fingerprint density at radius 2 is 1.92 bits per heavy atom. The van der Waals surface area contributed by atoms with Gasteiger partial charge in [0.2, 0.25) is 0 Å². The molecule has 0 unspecified atom stereocenters. The van der Waals surface area contributed by atoms with Gasteiger partial charge >= 0.3 is 15.3 Å². The molecule has 3 N–H and O–H groups in total. The number of sulfonamides is 1. The number of pyridine rings is 1. The summed E-state index contributed by atoms with van der Waals surface area (Å²) in [7, 11) is -4.21. The van der Waals surface area contributed by atoms with Gasteiger partial charge in [-0.2, -0.15) is 8.42 Å². The lowest BCUT2D eigenvalue weighted by molar-refractivity contribution is 0.256. The number of aryl methyl sites for hydroxylation is 1. The van der Waals surface area contributed by atoms with Gasteiger partial charge in [-0.1, -0.05) is 12.1 Å². The average Bonchev–Trinajstić information content (AvgIpc) is 2.48. The largest absolute Gasteiger partial charge is 0.357 e. The Balaban J connectivity index is 2.24. The Kier molecular flexibility index (Phi) is 5.40. The molecule has 1 heterocycles. The van der Waals surface area contributed by atoms with Crippen LogP contribution < -0.4 is 15.4 Å². The summed E-state index contributed by atoms with van der Waals surface area (Å²) < 4.78 is 26.5. The number of anilines is 3. The summed E-state index contributed by atoms with van der Waals surface area (Å²) in [5.41, 5.74) is 2.55. The van der Waals surface area contributed by atoms with Gasteiger partial charge in [0, 0.05) is 17.9 Å². The maximum absolute atomic E-state index is 12.1. The van der Waals surface area contributed by atoms with Crippen molar-refractivity contribution in [3.63, 3.8) is 0 Å². The maximum atomic E-state index is 12.1. The molecule has 128 valence electrons. The zero-order chi connectivity index (χ0) is 17.7. The predicted molar refractivity (Wildman–Crippen MR) is 94.9 cm³/mol. The SMILES string of the molecule is Cc1cccc(Nc2ccncc2NS(=O)(=O)C(=O)NC(C)C)c1. The van der Waals surface area contributed by atoms with Crippen LogP contribution in [-0.4, -0.2) is 24.7 Å². The molecule has 0 saturated heterocycles. The Morgan fingerprint density at radius 3 is 2.58 bits per heavy atom. The number of rotatable bonds is 5. The second-order valence-electron chi connectivity index (χ2n) is 5.61. The highest BCUT2D eigenvalue weighted by atomic mass is 32.2. The van der Waals surface area contributed by atoms with Gasteiger partial charge in [0.1, 0.15) is 0 Å². The van der Waals surface area contributed by atoms with Gasteiger partial charge in [-0.25, -0.2) is 0 Å². The zero-order valence-electron chi connectivity index (χ0n) is 13.7. The number of amides is 1. The van der Waals surface area contributed by atoms with E-state index in [0.29, 0.717) is 5.69 Å². The molecule has 0 fully saturated rings. The van der Waals surface area contributed by atoms with E-state index in [4.69, 9.17) is 0 Å². The van der Waals surface area contributed by atoms with E-state index >= 15 is 0 Å². The van der Waals surface area contributed by atoms with Crippen molar-refractivity contribution in [3.05, 3.63) is 48.3 Å². The van der Waals surface area contributed by atoms with Crippen molar-refractivity contribution < 1.29 is 13.2 Å². The Bertz CT molecular complexity index is 835. The van der Waals surface area contributed by atoms with Crippen LogP contribution in [0, 0.1) is 6.92 Å². The van der Waals surface area contributed by atoms with Crippen molar-refractivity contribution in [2.24, 2.45) is 0 Å². The van der Waals surface area contributed by atoms with Gasteiger partial charge < -0.3 is 10.6 Å². The number of carbonyl (C=O) groups is 1. The fourth-order valence-electron chi connectivity index (χ4n) is 1.97. The third-order valence-corrected chi connectivity index (χ3v) is 4.11. The van der Waals surface area contributed by atoms with Crippen LogP contribution in [0.3, 0.4) is 0 Å². The van der Waals surface area contributed by atoms with Gasteiger partial charge in [-0.3, -0.25) is 14.5 Å². The molecule has 2 rings (SSSR count). The molecule has 1 amide bonds. The van der Waals surface area contributed by atoms with E-state index in [9.17, 15) is 13.2 Å². The average molecular weight is 348 g/mol. The highest BCUT2D eigenvalue weighted by Gasteiger charge is 2.23. The van der Waals surface area contributed by atoms with Crippen molar-refractivity contribution in [1.82, 2.24) is 10.3 Å². The van der Waals surface area contributed by atoms with E-state index in [1.165, 1.54) is 12.4 Å². The van der Waals surface area contributed by atoms with Crippen molar-refractivity contribution in [1.29, 1.82) is 0 Å². The lowest BCUT2D eigenvalue weighted by Gasteiger charge is -2.14. The van der Waals surface area contributed by atoms with Gasteiger partial charge in [0.15, 0.2) is 0 Å². The summed E-state index contributed by atoms with van der Waals surface area (Å²) in [6.07, 6.45) is 2.88. The Hall–Kier alpha value is -2.61. The minimum atomic E-state index is -4.21. The summed E-state index contributed by atoms with van der Waals surface area (Å²) >= 11 is 0. The molecule has 7 nitrogen and oxygen atoms in total. The summed E-state index contributed by atoms with van der Waals surface area (Å²) in [4.78, 5) is 15.7. The molecule has 0 radical (unpaired) electrons. The molecule has 0 saturated carbocycles. The molecule has 1 aromatic carbocycles. The summed E-state index contributed by atoms with van der Waals surface area (Å²) in [6.45, 7) is 5.32. The monoisotopic (exact) mass is 348 g/mol. The smallest absolute Gasteiger partial charge is 0.354 e. The minimum Gasteiger partial charge on any atom is -0.354 e. The lowest BCUT2D eigenvalue weighted by Crippen LogP contribution is -2.37. The van der Waals surface area contributed by atoms with Crippen molar-refractivity contribution >= 4 is 32.3 Å². The first-order chi connectivity index (χ1) is 11.3. The van der Waals surface area contributed by atoms with Crippen molar-refractivity contribution in [2.45, 2.75) is 26.8 Å². The molecule has 2 aromatic rings. The number of nitrogens with one attached hydrogen (secondary N) is 3. The number of hydrogen-bond acceptors (Lipinski definition) is 5. The summed E-state index contributed by atoms with van der Waals surface area (Å²) in [6, 6.07) is 8.96. The van der Waals surface area contributed by atoms with Crippen LogP contribution in [0.2, 0.25) is 0 Å². The maximum Gasteiger partial charge on any atom is 0.357 e. The van der Waals surface area contributed by atoms with E-state index in [2.05, 4.69) is 20.3 Å². The molecule has 0 atom stereocenters. The fraction of sp³-hybridized carbons (Fsp3) is 0.250. The standard InChI is InChI=1S/C16H20N4O3S/c1-11(2)18-16(21)24(22,23)20-15-10-17-8-7-14(15)19-13-6-4-5-12(3)9-13/h4-11,20H,1-3H3,(H,17,19)(H,18,21). The summed E-state index contributed by atoms with van der Waals surface area (Å²) in [5.74, 6) is 0. The van der Waals surface area contributed by atoms with Gasteiger partial charge in [-0.05, 0) is 44.5 Å². The van der Waals surface area contributed by atoms with Crippen LogP contribution in [0.1, 0.15) is 19.4 Å². The molecular weight excluding hydrogens is 328 g/mol. The van der Waals surface area contributed by atoms with E-state index in [-0.39, 0.29) is 11.7 Å². The molecule has 0 bridgehead atoms. The first kappa shape index (κ1) is 17.7. The number of nitrogens with zero attached hydrogens (tertiary/aromatic N) is 1. The van der Waals surface area contributed by atoms with Crippen molar-refractivity contribution in [2.75, 3.05) is 10.0 Å². The Labute approximate surface area is 141 Å². The molecule has 0 aliphatic rings. The van der Waals surface area contributed by atoms with E-state index in [0.717, 1.165) is 11.3 Å². The molecule has 0 aliphatic carbocycles. The normalized spacial score (nSPS) is 11.2. The number of benzene rings is 1. The predicted octanol–water partition coefficient (Wildman–Crippen LogP) is 2.99. The minimum absolute atomic E-state index is 0.193. The van der Waals surface area contributed by atoms with Crippen LogP contribution in [0.4, 0.5) is 21.9 Å². The molecule has 1 aromatic heterocycles. The second kappa shape index (κ2) is 7.31. The third-order valence-electron chi connectivity index (χ3n) is 3.01. The number of carbonyl (C=O) groups excluding carboxylic acids is 1. The zero-order valence-corrected chi connectivity index (χ0v) is 14.5.